The molecule has 0 saturated heterocycles. The maximum absolute atomic E-state index is 13.3. The van der Waals surface area contributed by atoms with Gasteiger partial charge in [0.25, 0.3) is 0 Å². The molecule has 1 heterocycles. The summed E-state index contributed by atoms with van der Waals surface area (Å²) in [6.45, 7) is 0.754. The van der Waals surface area contributed by atoms with Crippen LogP contribution in [0.4, 0.5) is 4.39 Å². The van der Waals surface area contributed by atoms with Gasteiger partial charge in [0.1, 0.15) is 11.6 Å². The summed E-state index contributed by atoms with van der Waals surface area (Å²) < 4.78 is 15.6. The van der Waals surface area contributed by atoms with Crippen LogP contribution >= 0.6 is 0 Å². The standard InChI is InChI=1S/C15H20FN3/c16-11-5-8-14-13(10-11)18-15(4-2-1-3-9-17)19(14)12-6-7-12/h5,8,10,12H,1-4,6-7,9,17H2. The van der Waals surface area contributed by atoms with Crippen LogP contribution in [0, 0.1) is 5.82 Å². The van der Waals surface area contributed by atoms with Crippen LogP contribution in [0.15, 0.2) is 18.2 Å². The minimum Gasteiger partial charge on any atom is -0.330 e. The molecule has 1 aliphatic rings. The predicted molar refractivity (Wildman–Crippen MR) is 74.6 cm³/mol. The highest BCUT2D eigenvalue weighted by Crippen LogP contribution is 2.39. The third-order valence-corrected chi connectivity index (χ3v) is 3.74. The first-order valence-electron chi connectivity index (χ1n) is 7.16. The first-order valence-corrected chi connectivity index (χ1v) is 7.16. The zero-order chi connectivity index (χ0) is 13.2. The number of nitrogens with two attached hydrogens (primary N) is 1. The number of rotatable bonds is 6. The van der Waals surface area contributed by atoms with E-state index in [0.29, 0.717) is 6.04 Å². The van der Waals surface area contributed by atoms with E-state index in [-0.39, 0.29) is 5.82 Å². The topological polar surface area (TPSA) is 43.8 Å². The molecule has 1 aromatic heterocycles. The zero-order valence-electron chi connectivity index (χ0n) is 11.1. The van der Waals surface area contributed by atoms with Crippen molar-refractivity contribution >= 4 is 11.0 Å². The summed E-state index contributed by atoms with van der Waals surface area (Å²) in [5.41, 5.74) is 7.39. The summed E-state index contributed by atoms with van der Waals surface area (Å²) in [6.07, 6.45) is 6.72. The number of hydrogen-bond acceptors (Lipinski definition) is 2. The van der Waals surface area contributed by atoms with Crippen LogP contribution in [-0.4, -0.2) is 16.1 Å². The number of fused-ring (bicyclic) bond motifs is 1. The minimum absolute atomic E-state index is 0.206. The maximum atomic E-state index is 13.3. The van der Waals surface area contributed by atoms with Crippen LogP contribution in [0.2, 0.25) is 0 Å². The molecule has 0 spiro atoms. The van der Waals surface area contributed by atoms with Crippen molar-refractivity contribution in [3.05, 3.63) is 29.8 Å². The summed E-state index contributed by atoms with van der Waals surface area (Å²) in [6, 6.07) is 5.51. The number of imidazole rings is 1. The second-order valence-corrected chi connectivity index (χ2v) is 5.36. The smallest absolute Gasteiger partial charge is 0.125 e. The summed E-state index contributed by atoms with van der Waals surface area (Å²) >= 11 is 0. The number of hydrogen-bond donors (Lipinski definition) is 1. The molecule has 4 heteroatoms. The SMILES string of the molecule is NCCCCCc1nc2cc(F)ccc2n1C1CC1. The third kappa shape index (κ3) is 2.63. The van der Waals surface area contributed by atoms with Crippen molar-refractivity contribution in [1.82, 2.24) is 9.55 Å². The van der Waals surface area contributed by atoms with Crippen molar-refractivity contribution in [3.8, 4) is 0 Å². The van der Waals surface area contributed by atoms with E-state index in [1.807, 2.05) is 6.07 Å². The second kappa shape index (κ2) is 5.29. The van der Waals surface area contributed by atoms with Gasteiger partial charge in [-0.3, -0.25) is 0 Å². The average Bonchev–Trinajstić information content (AvgIpc) is 3.16. The van der Waals surface area contributed by atoms with E-state index in [1.165, 1.54) is 25.0 Å². The second-order valence-electron chi connectivity index (χ2n) is 5.36. The summed E-state index contributed by atoms with van der Waals surface area (Å²) in [5, 5.41) is 0. The van der Waals surface area contributed by atoms with E-state index >= 15 is 0 Å². The van der Waals surface area contributed by atoms with Crippen molar-refractivity contribution in [2.75, 3.05) is 6.54 Å². The molecule has 1 aliphatic carbocycles. The van der Waals surface area contributed by atoms with Crippen molar-refractivity contribution in [3.63, 3.8) is 0 Å². The lowest BCUT2D eigenvalue weighted by Gasteiger charge is -2.07. The first-order chi connectivity index (χ1) is 9.29. The van der Waals surface area contributed by atoms with Crippen LogP contribution in [0.3, 0.4) is 0 Å². The lowest BCUT2D eigenvalue weighted by Crippen LogP contribution is -2.03. The summed E-state index contributed by atoms with van der Waals surface area (Å²) in [7, 11) is 0. The molecule has 0 aliphatic heterocycles. The van der Waals surface area contributed by atoms with E-state index in [1.54, 1.807) is 0 Å². The monoisotopic (exact) mass is 261 g/mol. The number of aryl methyl sites for hydroxylation is 1. The Balaban J connectivity index is 1.87. The molecular formula is C15H20FN3. The van der Waals surface area contributed by atoms with Gasteiger partial charge in [-0.1, -0.05) is 6.42 Å². The number of unbranched alkanes of at least 4 members (excludes halogenated alkanes) is 2. The Hall–Kier alpha value is -1.42. The van der Waals surface area contributed by atoms with Crippen LogP contribution in [0.25, 0.3) is 11.0 Å². The van der Waals surface area contributed by atoms with Gasteiger partial charge in [0.15, 0.2) is 0 Å². The molecule has 102 valence electrons. The van der Waals surface area contributed by atoms with E-state index in [4.69, 9.17) is 5.73 Å². The molecule has 2 N–H and O–H groups in total. The van der Waals surface area contributed by atoms with E-state index in [2.05, 4.69) is 9.55 Å². The van der Waals surface area contributed by atoms with Gasteiger partial charge in [-0.15, -0.1) is 0 Å². The molecule has 2 aromatic rings. The highest BCUT2D eigenvalue weighted by molar-refractivity contribution is 5.76. The Morgan fingerprint density at radius 1 is 1.26 bits per heavy atom. The normalized spacial score (nSPS) is 15.3. The molecule has 3 rings (SSSR count). The fourth-order valence-electron chi connectivity index (χ4n) is 2.64. The van der Waals surface area contributed by atoms with Crippen LogP contribution < -0.4 is 5.73 Å². The van der Waals surface area contributed by atoms with E-state index in [0.717, 1.165) is 49.1 Å². The van der Waals surface area contributed by atoms with Gasteiger partial charge < -0.3 is 10.3 Å². The predicted octanol–water partition coefficient (Wildman–Crippen LogP) is 3.18. The van der Waals surface area contributed by atoms with Gasteiger partial charge in [0.2, 0.25) is 0 Å². The van der Waals surface area contributed by atoms with E-state index in [9.17, 15) is 4.39 Å². The Kier molecular flexibility index (Phi) is 3.51. The van der Waals surface area contributed by atoms with E-state index < -0.39 is 0 Å². The molecule has 1 saturated carbocycles. The Morgan fingerprint density at radius 3 is 2.84 bits per heavy atom. The Bertz CT molecular complexity index is 572. The van der Waals surface area contributed by atoms with Crippen LogP contribution in [0.1, 0.15) is 44.0 Å². The largest absolute Gasteiger partial charge is 0.330 e. The number of halogens is 1. The lowest BCUT2D eigenvalue weighted by molar-refractivity contribution is 0.628. The van der Waals surface area contributed by atoms with Crippen molar-refractivity contribution in [2.45, 2.75) is 44.6 Å². The molecule has 3 nitrogen and oxygen atoms in total. The lowest BCUT2D eigenvalue weighted by atomic mass is 10.2. The van der Waals surface area contributed by atoms with Gasteiger partial charge in [-0.2, -0.15) is 0 Å². The third-order valence-electron chi connectivity index (χ3n) is 3.74. The highest BCUT2D eigenvalue weighted by Gasteiger charge is 2.27. The molecule has 19 heavy (non-hydrogen) atoms. The Morgan fingerprint density at radius 2 is 2.11 bits per heavy atom. The molecular weight excluding hydrogens is 241 g/mol. The number of benzene rings is 1. The fraction of sp³-hybridized carbons (Fsp3) is 0.533. The molecule has 0 amide bonds. The van der Waals surface area contributed by atoms with Crippen LogP contribution in [0.5, 0.6) is 0 Å². The van der Waals surface area contributed by atoms with Crippen molar-refractivity contribution < 1.29 is 4.39 Å². The van der Waals surface area contributed by atoms with Gasteiger partial charge in [-0.25, -0.2) is 9.37 Å². The molecule has 0 bridgehead atoms. The number of aromatic nitrogens is 2. The fourth-order valence-corrected chi connectivity index (χ4v) is 2.64. The zero-order valence-corrected chi connectivity index (χ0v) is 11.1. The summed E-state index contributed by atoms with van der Waals surface area (Å²) in [4.78, 5) is 4.62. The molecule has 0 radical (unpaired) electrons. The number of nitrogens with zero attached hydrogens (tertiary/aromatic N) is 2. The first kappa shape index (κ1) is 12.6. The van der Waals surface area contributed by atoms with Crippen LogP contribution in [-0.2, 0) is 6.42 Å². The van der Waals surface area contributed by atoms with Gasteiger partial charge >= 0.3 is 0 Å². The van der Waals surface area contributed by atoms with Gasteiger partial charge in [0, 0.05) is 18.5 Å². The van der Waals surface area contributed by atoms with Crippen molar-refractivity contribution in [2.24, 2.45) is 5.73 Å². The average molecular weight is 261 g/mol. The quantitative estimate of drug-likeness (QED) is 0.812. The summed E-state index contributed by atoms with van der Waals surface area (Å²) in [5.74, 6) is 0.905. The molecule has 1 aromatic carbocycles. The Labute approximate surface area is 112 Å². The highest BCUT2D eigenvalue weighted by atomic mass is 19.1. The maximum Gasteiger partial charge on any atom is 0.125 e. The van der Waals surface area contributed by atoms with Crippen molar-refractivity contribution in [1.29, 1.82) is 0 Å². The molecule has 0 atom stereocenters. The molecule has 1 fully saturated rings. The van der Waals surface area contributed by atoms with Gasteiger partial charge in [-0.05, 0) is 44.4 Å². The van der Waals surface area contributed by atoms with Gasteiger partial charge in [0.05, 0.1) is 11.0 Å². The minimum atomic E-state index is -0.206. The molecule has 0 unspecified atom stereocenters.